The van der Waals surface area contributed by atoms with Crippen molar-refractivity contribution in [2.75, 3.05) is 0 Å². The molecule has 2 rings (SSSR count). The van der Waals surface area contributed by atoms with E-state index in [1.807, 2.05) is 20.0 Å². The molecule has 0 aliphatic rings. The average Bonchev–Trinajstić information content (AvgIpc) is 2.62. The first-order valence-corrected chi connectivity index (χ1v) is 6.72. The molecular formula is C12H13BrClN3O. The summed E-state index contributed by atoms with van der Waals surface area (Å²) in [4.78, 5) is 4.04. The topological polar surface area (TPSA) is 39.9 Å². The normalized spacial score (nSPS) is 10.7. The highest BCUT2D eigenvalue weighted by Gasteiger charge is 2.13. The summed E-state index contributed by atoms with van der Waals surface area (Å²) in [6.07, 6.45) is 4.18. The number of hydrogen-bond donors (Lipinski definition) is 0. The van der Waals surface area contributed by atoms with Crippen LogP contribution in [0.1, 0.15) is 18.3 Å². The van der Waals surface area contributed by atoms with Crippen LogP contribution in [-0.2, 0) is 20.1 Å². The number of hydrogen-bond acceptors (Lipinski definition) is 3. The van der Waals surface area contributed by atoms with Crippen LogP contribution in [0.2, 0.25) is 5.02 Å². The zero-order chi connectivity index (χ0) is 13.1. The van der Waals surface area contributed by atoms with Crippen LogP contribution in [0.3, 0.4) is 0 Å². The van der Waals surface area contributed by atoms with E-state index in [1.54, 1.807) is 17.1 Å². The molecule has 0 radical (unpaired) electrons. The van der Waals surface area contributed by atoms with Crippen LogP contribution in [0.15, 0.2) is 22.9 Å². The molecule has 0 N–H and O–H groups in total. The maximum Gasteiger partial charge on any atom is 0.139 e. The molecule has 18 heavy (non-hydrogen) atoms. The molecule has 2 aromatic heterocycles. The molecule has 0 aromatic carbocycles. The Morgan fingerprint density at radius 1 is 1.44 bits per heavy atom. The van der Waals surface area contributed by atoms with Crippen molar-refractivity contribution < 1.29 is 4.74 Å². The van der Waals surface area contributed by atoms with Gasteiger partial charge in [0.2, 0.25) is 0 Å². The molecule has 0 bridgehead atoms. The molecule has 0 aliphatic carbocycles. The Labute approximate surface area is 119 Å². The first-order valence-electron chi connectivity index (χ1n) is 5.55. The van der Waals surface area contributed by atoms with E-state index in [-0.39, 0.29) is 0 Å². The quantitative estimate of drug-likeness (QED) is 0.863. The van der Waals surface area contributed by atoms with Crippen molar-refractivity contribution in [2.45, 2.75) is 20.0 Å². The second-order valence-electron chi connectivity index (χ2n) is 3.81. The molecule has 4 nitrogen and oxygen atoms in total. The highest BCUT2D eigenvalue weighted by atomic mass is 79.9. The lowest BCUT2D eigenvalue weighted by Gasteiger charge is -2.06. The van der Waals surface area contributed by atoms with Gasteiger partial charge < -0.3 is 4.74 Å². The Bertz CT molecular complexity index is 556. The van der Waals surface area contributed by atoms with Crippen LogP contribution in [0.25, 0.3) is 0 Å². The highest BCUT2D eigenvalue weighted by Crippen LogP contribution is 2.23. The highest BCUT2D eigenvalue weighted by molar-refractivity contribution is 9.10. The summed E-state index contributed by atoms with van der Waals surface area (Å²) < 4.78 is 8.29. The number of rotatable bonds is 4. The molecule has 0 fully saturated rings. The van der Waals surface area contributed by atoms with Crippen LogP contribution >= 0.6 is 27.5 Å². The van der Waals surface area contributed by atoms with Gasteiger partial charge in [-0.15, -0.1) is 0 Å². The monoisotopic (exact) mass is 329 g/mol. The van der Waals surface area contributed by atoms with Crippen molar-refractivity contribution in [3.05, 3.63) is 39.3 Å². The van der Waals surface area contributed by atoms with E-state index in [4.69, 9.17) is 16.3 Å². The minimum Gasteiger partial charge on any atom is -0.486 e. The summed E-state index contributed by atoms with van der Waals surface area (Å²) in [6, 6.07) is 1.86. The Hall–Kier alpha value is -1.07. The SMILES string of the molecule is CCc1nn(C)c(COc2cncc(Br)c2)c1Cl. The fourth-order valence-electron chi connectivity index (χ4n) is 1.60. The standard InChI is InChI=1S/C12H13BrClN3O/c1-3-10-12(14)11(17(2)16-10)7-18-9-4-8(13)5-15-6-9/h4-6H,3,7H2,1-2H3. The van der Waals surface area contributed by atoms with Crippen molar-refractivity contribution in [2.24, 2.45) is 7.05 Å². The van der Waals surface area contributed by atoms with Gasteiger partial charge in [-0.25, -0.2) is 0 Å². The zero-order valence-electron chi connectivity index (χ0n) is 10.2. The minimum absolute atomic E-state index is 0.375. The molecular weight excluding hydrogens is 318 g/mol. The van der Waals surface area contributed by atoms with E-state index in [9.17, 15) is 0 Å². The Kier molecular flexibility index (Phi) is 4.24. The van der Waals surface area contributed by atoms with Crippen molar-refractivity contribution >= 4 is 27.5 Å². The molecule has 0 atom stereocenters. The van der Waals surface area contributed by atoms with Gasteiger partial charge in [0.15, 0.2) is 0 Å². The van der Waals surface area contributed by atoms with Crippen molar-refractivity contribution in [1.82, 2.24) is 14.8 Å². The molecule has 6 heteroatoms. The van der Waals surface area contributed by atoms with Gasteiger partial charge in [-0.2, -0.15) is 5.10 Å². The number of aryl methyl sites for hydroxylation is 2. The fourth-order valence-corrected chi connectivity index (χ4v) is 2.29. The number of halogens is 2. The maximum atomic E-state index is 6.24. The van der Waals surface area contributed by atoms with Gasteiger partial charge in [-0.3, -0.25) is 9.67 Å². The maximum absolute atomic E-state index is 6.24. The smallest absolute Gasteiger partial charge is 0.139 e. The van der Waals surface area contributed by atoms with Gasteiger partial charge >= 0.3 is 0 Å². The lowest BCUT2D eigenvalue weighted by molar-refractivity contribution is 0.293. The van der Waals surface area contributed by atoms with Gasteiger partial charge in [0.1, 0.15) is 12.4 Å². The molecule has 0 saturated carbocycles. The van der Waals surface area contributed by atoms with Gasteiger partial charge in [0.05, 0.1) is 22.6 Å². The largest absolute Gasteiger partial charge is 0.486 e. The van der Waals surface area contributed by atoms with E-state index in [0.717, 1.165) is 22.3 Å². The third kappa shape index (κ3) is 2.84. The second kappa shape index (κ2) is 5.71. The van der Waals surface area contributed by atoms with Gasteiger partial charge in [-0.1, -0.05) is 18.5 Å². The first-order chi connectivity index (χ1) is 8.61. The van der Waals surface area contributed by atoms with Crippen LogP contribution < -0.4 is 4.74 Å². The predicted molar refractivity (Wildman–Crippen MR) is 73.9 cm³/mol. The summed E-state index contributed by atoms with van der Waals surface area (Å²) in [6.45, 7) is 2.40. The van der Waals surface area contributed by atoms with Crippen molar-refractivity contribution in [3.8, 4) is 5.75 Å². The minimum atomic E-state index is 0.375. The molecule has 0 aliphatic heterocycles. The summed E-state index contributed by atoms with van der Waals surface area (Å²) >= 11 is 9.59. The third-order valence-electron chi connectivity index (χ3n) is 2.56. The molecule has 2 aromatic rings. The van der Waals surface area contributed by atoms with E-state index in [0.29, 0.717) is 17.4 Å². The van der Waals surface area contributed by atoms with Crippen LogP contribution in [0.4, 0.5) is 0 Å². The summed E-state index contributed by atoms with van der Waals surface area (Å²) in [5.74, 6) is 0.694. The molecule has 96 valence electrons. The predicted octanol–water partition coefficient (Wildman–Crippen LogP) is 3.37. The molecule has 0 spiro atoms. The summed E-state index contributed by atoms with van der Waals surface area (Å²) in [5.41, 5.74) is 1.76. The first kappa shape index (κ1) is 13.4. The third-order valence-corrected chi connectivity index (χ3v) is 3.43. The summed E-state index contributed by atoms with van der Waals surface area (Å²) in [7, 11) is 1.86. The zero-order valence-corrected chi connectivity index (χ0v) is 12.5. The molecule has 2 heterocycles. The van der Waals surface area contributed by atoms with E-state index >= 15 is 0 Å². The fraction of sp³-hybridized carbons (Fsp3) is 0.333. The van der Waals surface area contributed by atoms with Crippen molar-refractivity contribution in [1.29, 1.82) is 0 Å². The second-order valence-corrected chi connectivity index (χ2v) is 5.11. The van der Waals surface area contributed by atoms with Gasteiger partial charge in [0, 0.05) is 17.7 Å². The Balaban J connectivity index is 2.13. The van der Waals surface area contributed by atoms with Crippen LogP contribution in [0.5, 0.6) is 5.75 Å². The summed E-state index contributed by atoms with van der Waals surface area (Å²) in [5, 5.41) is 5.02. The van der Waals surface area contributed by atoms with Crippen molar-refractivity contribution in [3.63, 3.8) is 0 Å². The van der Waals surface area contributed by atoms with E-state index in [2.05, 4.69) is 26.0 Å². The Morgan fingerprint density at radius 3 is 2.83 bits per heavy atom. The number of aromatic nitrogens is 3. The molecule has 0 amide bonds. The average molecular weight is 331 g/mol. The van der Waals surface area contributed by atoms with E-state index in [1.165, 1.54) is 0 Å². The lowest BCUT2D eigenvalue weighted by Crippen LogP contribution is -2.03. The lowest BCUT2D eigenvalue weighted by atomic mass is 10.3. The Morgan fingerprint density at radius 2 is 2.22 bits per heavy atom. The number of nitrogens with zero attached hydrogens (tertiary/aromatic N) is 3. The number of ether oxygens (including phenoxy) is 1. The van der Waals surface area contributed by atoms with E-state index < -0.39 is 0 Å². The van der Waals surface area contributed by atoms with Crippen LogP contribution in [-0.4, -0.2) is 14.8 Å². The molecule has 0 unspecified atom stereocenters. The number of pyridine rings is 1. The van der Waals surface area contributed by atoms with Crippen LogP contribution in [0, 0.1) is 0 Å². The van der Waals surface area contributed by atoms with Gasteiger partial charge in [-0.05, 0) is 28.4 Å². The van der Waals surface area contributed by atoms with Gasteiger partial charge in [0.25, 0.3) is 0 Å². The molecule has 0 saturated heterocycles.